The van der Waals surface area contributed by atoms with Crippen molar-refractivity contribution >= 4 is 23.6 Å². The van der Waals surface area contributed by atoms with Gasteiger partial charge in [-0.1, -0.05) is 17.7 Å². The summed E-state index contributed by atoms with van der Waals surface area (Å²) in [6.07, 6.45) is 3.15. The topological polar surface area (TPSA) is 62.6 Å². The molecular formula is C20H24N2O3S. The lowest BCUT2D eigenvalue weighted by molar-refractivity contribution is -0.126. The second kappa shape index (κ2) is 8.94. The van der Waals surface area contributed by atoms with Crippen molar-refractivity contribution in [3.8, 4) is 0 Å². The molecule has 1 aliphatic heterocycles. The van der Waals surface area contributed by atoms with Crippen LogP contribution >= 0.6 is 11.8 Å². The Bertz CT molecular complexity index is 728. The summed E-state index contributed by atoms with van der Waals surface area (Å²) in [4.78, 5) is 27.7. The molecular weight excluding hydrogens is 348 g/mol. The first-order valence-corrected chi connectivity index (χ1v) is 9.92. The van der Waals surface area contributed by atoms with E-state index in [0.29, 0.717) is 25.4 Å². The predicted octanol–water partition coefficient (Wildman–Crippen LogP) is 3.35. The van der Waals surface area contributed by atoms with Gasteiger partial charge in [0.15, 0.2) is 5.76 Å². The molecule has 1 unspecified atom stereocenters. The molecule has 5 nitrogen and oxygen atoms in total. The number of furan rings is 1. The first-order chi connectivity index (χ1) is 12.6. The van der Waals surface area contributed by atoms with Gasteiger partial charge in [0.25, 0.3) is 5.91 Å². The standard InChI is InChI=1S/C20H24N2O3S/c1-15-6-8-17(9-7-15)26-13-10-21-19(23)16-4-2-11-22(14-16)20(24)18-5-3-12-25-18/h3,5-9,12,16H,2,4,10-11,13-14H2,1H3,(H,21,23). The highest BCUT2D eigenvalue weighted by molar-refractivity contribution is 7.99. The largest absolute Gasteiger partial charge is 0.459 e. The molecule has 6 heteroatoms. The van der Waals surface area contributed by atoms with Crippen LogP contribution in [0.25, 0.3) is 0 Å². The Morgan fingerprint density at radius 1 is 1.27 bits per heavy atom. The van der Waals surface area contributed by atoms with Gasteiger partial charge in [0.2, 0.25) is 5.91 Å². The van der Waals surface area contributed by atoms with Gasteiger partial charge in [-0.2, -0.15) is 0 Å². The van der Waals surface area contributed by atoms with Gasteiger partial charge in [0, 0.05) is 30.3 Å². The molecule has 3 rings (SSSR count). The Morgan fingerprint density at radius 3 is 2.81 bits per heavy atom. The molecule has 0 bridgehead atoms. The maximum Gasteiger partial charge on any atom is 0.289 e. The van der Waals surface area contributed by atoms with Crippen LogP contribution in [0.1, 0.15) is 29.0 Å². The molecule has 0 spiro atoms. The highest BCUT2D eigenvalue weighted by Crippen LogP contribution is 2.20. The van der Waals surface area contributed by atoms with Crippen molar-refractivity contribution in [2.75, 3.05) is 25.4 Å². The van der Waals surface area contributed by atoms with Gasteiger partial charge in [-0.15, -0.1) is 11.8 Å². The smallest absolute Gasteiger partial charge is 0.289 e. The van der Waals surface area contributed by atoms with Crippen molar-refractivity contribution in [1.29, 1.82) is 0 Å². The molecule has 1 aromatic carbocycles. The number of thioether (sulfide) groups is 1. The number of rotatable bonds is 6. The van der Waals surface area contributed by atoms with E-state index < -0.39 is 0 Å². The van der Waals surface area contributed by atoms with Crippen molar-refractivity contribution in [3.63, 3.8) is 0 Å². The van der Waals surface area contributed by atoms with Crippen LogP contribution in [0.3, 0.4) is 0 Å². The molecule has 2 aromatic rings. The van der Waals surface area contributed by atoms with Gasteiger partial charge < -0.3 is 14.6 Å². The molecule has 1 aromatic heterocycles. The average Bonchev–Trinajstić information content (AvgIpc) is 3.21. The molecule has 2 heterocycles. The molecule has 138 valence electrons. The predicted molar refractivity (Wildman–Crippen MR) is 102 cm³/mol. The lowest BCUT2D eigenvalue weighted by Crippen LogP contribution is -2.45. The maximum absolute atomic E-state index is 12.4. The summed E-state index contributed by atoms with van der Waals surface area (Å²) in [5.74, 6) is 0.915. The van der Waals surface area contributed by atoms with Gasteiger partial charge in [-0.05, 0) is 44.0 Å². The van der Waals surface area contributed by atoms with Gasteiger partial charge in [0.05, 0.1) is 12.2 Å². The number of carbonyl (C=O) groups is 2. The van der Waals surface area contributed by atoms with Crippen LogP contribution in [0.15, 0.2) is 52.0 Å². The van der Waals surface area contributed by atoms with Crippen LogP contribution in [-0.4, -0.2) is 42.1 Å². The summed E-state index contributed by atoms with van der Waals surface area (Å²) < 4.78 is 5.18. The van der Waals surface area contributed by atoms with Crippen LogP contribution in [0.5, 0.6) is 0 Å². The van der Waals surface area contributed by atoms with Gasteiger partial charge in [0.1, 0.15) is 0 Å². The summed E-state index contributed by atoms with van der Waals surface area (Å²) in [7, 11) is 0. The lowest BCUT2D eigenvalue weighted by Gasteiger charge is -2.31. The van der Waals surface area contributed by atoms with Gasteiger partial charge >= 0.3 is 0 Å². The fraction of sp³-hybridized carbons (Fsp3) is 0.400. The van der Waals surface area contributed by atoms with Crippen LogP contribution < -0.4 is 5.32 Å². The second-order valence-corrected chi connectivity index (χ2v) is 7.69. The molecule has 1 saturated heterocycles. The molecule has 0 radical (unpaired) electrons. The number of carbonyl (C=O) groups excluding carboxylic acids is 2. The SMILES string of the molecule is Cc1ccc(SCCNC(=O)C2CCCN(C(=O)c3ccco3)C2)cc1. The van der Waals surface area contributed by atoms with Crippen molar-refractivity contribution in [1.82, 2.24) is 10.2 Å². The quantitative estimate of drug-likeness (QED) is 0.624. The van der Waals surface area contributed by atoms with Crippen LogP contribution in [-0.2, 0) is 4.79 Å². The zero-order valence-electron chi connectivity index (χ0n) is 14.9. The molecule has 0 saturated carbocycles. The average molecular weight is 372 g/mol. The zero-order chi connectivity index (χ0) is 18.4. The van der Waals surface area contributed by atoms with E-state index in [9.17, 15) is 9.59 Å². The minimum absolute atomic E-state index is 0.0338. The van der Waals surface area contributed by atoms with E-state index in [0.717, 1.165) is 18.6 Å². The molecule has 1 aliphatic rings. The van der Waals surface area contributed by atoms with Crippen molar-refractivity contribution in [3.05, 3.63) is 54.0 Å². The van der Waals surface area contributed by atoms with E-state index in [2.05, 4.69) is 36.5 Å². The van der Waals surface area contributed by atoms with E-state index in [4.69, 9.17) is 4.42 Å². The minimum Gasteiger partial charge on any atom is -0.459 e. The van der Waals surface area contributed by atoms with E-state index in [1.807, 2.05) is 0 Å². The van der Waals surface area contributed by atoms with Crippen LogP contribution in [0.4, 0.5) is 0 Å². The Labute approximate surface area is 158 Å². The third kappa shape index (κ3) is 4.91. The number of amides is 2. The van der Waals surface area contributed by atoms with Gasteiger partial charge in [-0.25, -0.2) is 0 Å². The van der Waals surface area contributed by atoms with E-state index in [-0.39, 0.29) is 17.7 Å². The normalized spacial score (nSPS) is 17.1. The second-order valence-electron chi connectivity index (χ2n) is 6.52. The zero-order valence-corrected chi connectivity index (χ0v) is 15.8. The molecule has 0 aliphatic carbocycles. The third-order valence-corrected chi connectivity index (χ3v) is 5.52. The van der Waals surface area contributed by atoms with E-state index >= 15 is 0 Å². The van der Waals surface area contributed by atoms with Gasteiger partial charge in [-0.3, -0.25) is 9.59 Å². The van der Waals surface area contributed by atoms with Crippen molar-refractivity contribution in [2.24, 2.45) is 5.92 Å². The molecule has 26 heavy (non-hydrogen) atoms. The first-order valence-electron chi connectivity index (χ1n) is 8.93. The Kier molecular flexibility index (Phi) is 6.39. The summed E-state index contributed by atoms with van der Waals surface area (Å²) in [6.45, 7) is 3.82. The highest BCUT2D eigenvalue weighted by atomic mass is 32.2. The monoisotopic (exact) mass is 372 g/mol. The van der Waals surface area contributed by atoms with Crippen LogP contribution in [0, 0.1) is 12.8 Å². The number of hydrogen-bond donors (Lipinski definition) is 1. The Hall–Kier alpha value is -2.21. The van der Waals surface area contributed by atoms with Crippen molar-refractivity contribution in [2.45, 2.75) is 24.7 Å². The fourth-order valence-corrected chi connectivity index (χ4v) is 3.82. The molecule has 1 fully saturated rings. The molecule has 2 amide bonds. The Morgan fingerprint density at radius 2 is 2.08 bits per heavy atom. The lowest BCUT2D eigenvalue weighted by atomic mass is 9.97. The third-order valence-electron chi connectivity index (χ3n) is 4.50. The number of benzene rings is 1. The number of nitrogens with zero attached hydrogens (tertiary/aromatic N) is 1. The number of likely N-dealkylation sites (tertiary alicyclic amines) is 1. The summed E-state index contributed by atoms with van der Waals surface area (Å²) in [5.41, 5.74) is 1.24. The number of piperidine rings is 1. The van der Waals surface area contributed by atoms with Crippen LogP contribution in [0.2, 0.25) is 0 Å². The van der Waals surface area contributed by atoms with E-state index in [1.165, 1.54) is 16.7 Å². The fourth-order valence-electron chi connectivity index (χ4n) is 3.05. The number of nitrogens with one attached hydrogen (secondary N) is 1. The number of hydrogen-bond acceptors (Lipinski definition) is 4. The van der Waals surface area contributed by atoms with Crippen molar-refractivity contribution < 1.29 is 14.0 Å². The maximum atomic E-state index is 12.4. The molecule has 1 N–H and O–H groups in total. The summed E-state index contributed by atoms with van der Waals surface area (Å²) in [6, 6.07) is 11.7. The Balaban J connectivity index is 1.42. The summed E-state index contributed by atoms with van der Waals surface area (Å²) in [5, 5.41) is 3.01. The van der Waals surface area contributed by atoms with E-state index in [1.54, 1.807) is 28.8 Å². The molecule has 1 atom stereocenters. The minimum atomic E-state index is -0.146. The highest BCUT2D eigenvalue weighted by Gasteiger charge is 2.29. The summed E-state index contributed by atoms with van der Waals surface area (Å²) >= 11 is 1.73. The first kappa shape index (κ1) is 18.6. The number of aryl methyl sites for hydroxylation is 1.